The third kappa shape index (κ3) is 1.56. The number of hydrogen-bond donors (Lipinski definition) is 1. The highest BCUT2D eigenvalue weighted by atomic mass is 35.5. The lowest BCUT2D eigenvalue weighted by Crippen LogP contribution is -1.97. The van der Waals surface area contributed by atoms with Gasteiger partial charge in [-0.3, -0.25) is 0 Å². The summed E-state index contributed by atoms with van der Waals surface area (Å²) < 4.78 is 1.59. The fourth-order valence-corrected chi connectivity index (χ4v) is 1.52. The molecule has 2 N–H and O–H groups in total. The molecule has 3 nitrogen and oxygen atoms in total. The smallest absolute Gasteiger partial charge is 0.145 e. The van der Waals surface area contributed by atoms with Crippen LogP contribution in [0.1, 0.15) is 0 Å². The van der Waals surface area contributed by atoms with Crippen molar-refractivity contribution in [3.63, 3.8) is 0 Å². The van der Waals surface area contributed by atoms with Crippen molar-refractivity contribution in [1.82, 2.24) is 9.78 Å². The highest BCUT2D eigenvalue weighted by molar-refractivity contribution is 6.43. The first kappa shape index (κ1) is 9.37. The van der Waals surface area contributed by atoms with Crippen LogP contribution in [0.5, 0.6) is 0 Å². The summed E-state index contributed by atoms with van der Waals surface area (Å²) in [5, 5.41) is 5.00. The van der Waals surface area contributed by atoms with Gasteiger partial charge in [-0.15, -0.1) is 0 Å². The molecule has 72 valence electrons. The molecular formula is C9H7Cl2N3. The third-order valence-electron chi connectivity index (χ3n) is 1.79. The maximum absolute atomic E-state index is 6.00. The predicted octanol–water partition coefficient (Wildman–Crippen LogP) is 2.76. The number of halogens is 2. The number of anilines is 1. The molecule has 1 aromatic carbocycles. The van der Waals surface area contributed by atoms with E-state index in [1.165, 1.54) is 0 Å². The van der Waals surface area contributed by atoms with Crippen molar-refractivity contribution in [2.75, 3.05) is 5.73 Å². The Balaban J connectivity index is 2.57. The van der Waals surface area contributed by atoms with E-state index in [0.717, 1.165) is 5.69 Å². The van der Waals surface area contributed by atoms with Crippen molar-refractivity contribution in [3.05, 3.63) is 40.5 Å². The van der Waals surface area contributed by atoms with Gasteiger partial charge in [0.2, 0.25) is 0 Å². The molecule has 0 amide bonds. The minimum Gasteiger partial charge on any atom is -0.382 e. The van der Waals surface area contributed by atoms with Gasteiger partial charge in [-0.25, -0.2) is 4.68 Å². The number of aromatic nitrogens is 2. The standard InChI is InChI=1S/C9H7Cl2N3/c10-6-2-1-3-7(9(6)11)14-5-4-8(12)13-14/h1-5H,(H2,12,13). The Kier molecular flexibility index (Phi) is 2.35. The first-order valence-corrected chi connectivity index (χ1v) is 4.69. The van der Waals surface area contributed by atoms with Gasteiger partial charge in [0.15, 0.2) is 0 Å². The molecule has 0 radical (unpaired) electrons. The van der Waals surface area contributed by atoms with E-state index < -0.39 is 0 Å². The Morgan fingerprint density at radius 1 is 1.21 bits per heavy atom. The summed E-state index contributed by atoms with van der Waals surface area (Å²) in [4.78, 5) is 0. The summed E-state index contributed by atoms with van der Waals surface area (Å²) in [5.74, 6) is 0.445. The van der Waals surface area contributed by atoms with E-state index in [0.29, 0.717) is 15.9 Å². The Morgan fingerprint density at radius 3 is 2.64 bits per heavy atom. The maximum atomic E-state index is 6.00. The number of nitrogen functional groups attached to an aromatic ring is 1. The average molecular weight is 228 g/mol. The molecule has 1 heterocycles. The Morgan fingerprint density at radius 2 is 2.00 bits per heavy atom. The Labute approximate surface area is 91.0 Å². The van der Waals surface area contributed by atoms with Crippen LogP contribution < -0.4 is 5.73 Å². The SMILES string of the molecule is Nc1ccn(-c2cccc(Cl)c2Cl)n1. The highest BCUT2D eigenvalue weighted by Gasteiger charge is 2.06. The van der Waals surface area contributed by atoms with Gasteiger partial charge in [-0.1, -0.05) is 29.3 Å². The third-order valence-corrected chi connectivity index (χ3v) is 2.60. The van der Waals surface area contributed by atoms with Gasteiger partial charge in [-0.05, 0) is 12.1 Å². The second kappa shape index (κ2) is 3.52. The maximum Gasteiger partial charge on any atom is 0.145 e. The van der Waals surface area contributed by atoms with Crippen molar-refractivity contribution in [2.24, 2.45) is 0 Å². The van der Waals surface area contributed by atoms with Crippen molar-refractivity contribution in [3.8, 4) is 5.69 Å². The molecule has 0 unspecified atom stereocenters. The molecule has 0 aliphatic heterocycles. The molecule has 2 aromatic rings. The van der Waals surface area contributed by atoms with Gasteiger partial charge in [0.25, 0.3) is 0 Å². The molecule has 0 saturated heterocycles. The van der Waals surface area contributed by atoms with Crippen molar-refractivity contribution in [1.29, 1.82) is 0 Å². The lowest BCUT2D eigenvalue weighted by Gasteiger charge is -2.04. The monoisotopic (exact) mass is 227 g/mol. The molecule has 0 aliphatic rings. The van der Waals surface area contributed by atoms with Crippen molar-refractivity contribution in [2.45, 2.75) is 0 Å². The first-order chi connectivity index (χ1) is 6.68. The van der Waals surface area contributed by atoms with Gasteiger partial charge in [0.05, 0.1) is 15.7 Å². The normalized spacial score (nSPS) is 10.4. The van der Waals surface area contributed by atoms with E-state index in [1.807, 2.05) is 6.07 Å². The molecule has 0 fully saturated rings. The van der Waals surface area contributed by atoms with Gasteiger partial charge in [0, 0.05) is 12.3 Å². The first-order valence-electron chi connectivity index (χ1n) is 3.94. The van der Waals surface area contributed by atoms with Gasteiger partial charge in [0.1, 0.15) is 5.82 Å². The minimum absolute atomic E-state index is 0.445. The van der Waals surface area contributed by atoms with E-state index in [2.05, 4.69) is 5.10 Å². The average Bonchev–Trinajstić information content (AvgIpc) is 2.57. The van der Waals surface area contributed by atoms with E-state index in [1.54, 1.807) is 29.1 Å². The van der Waals surface area contributed by atoms with Crippen LogP contribution in [0.25, 0.3) is 5.69 Å². The molecule has 0 saturated carbocycles. The van der Waals surface area contributed by atoms with Gasteiger partial charge in [-0.2, -0.15) is 5.10 Å². The summed E-state index contributed by atoms with van der Waals surface area (Å²) in [7, 11) is 0. The topological polar surface area (TPSA) is 43.8 Å². The quantitative estimate of drug-likeness (QED) is 0.815. The van der Waals surface area contributed by atoms with E-state index >= 15 is 0 Å². The number of nitrogens with two attached hydrogens (primary N) is 1. The number of hydrogen-bond acceptors (Lipinski definition) is 2. The fraction of sp³-hybridized carbons (Fsp3) is 0. The van der Waals surface area contributed by atoms with Gasteiger partial charge < -0.3 is 5.73 Å². The molecular weight excluding hydrogens is 221 g/mol. The Bertz CT molecular complexity index is 465. The second-order valence-corrected chi connectivity index (χ2v) is 3.54. The molecule has 5 heteroatoms. The van der Waals surface area contributed by atoms with Crippen LogP contribution in [0, 0.1) is 0 Å². The van der Waals surface area contributed by atoms with Crippen LogP contribution in [0.15, 0.2) is 30.5 Å². The molecule has 0 aliphatic carbocycles. The Hall–Kier alpha value is -1.19. The minimum atomic E-state index is 0.445. The van der Waals surface area contributed by atoms with E-state index in [4.69, 9.17) is 28.9 Å². The second-order valence-electron chi connectivity index (χ2n) is 2.76. The zero-order valence-electron chi connectivity index (χ0n) is 7.11. The zero-order chi connectivity index (χ0) is 10.1. The van der Waals surface area contributed by atoms with Crippen molar-refractivity contribution >= 4 is 29.0 Å². The molecule has 2 rings (SSSR count). The summed E-state index contributed by atoms with van der Waals surface area (Å²) in [6.45, 7) is 0. The number of rotatable bonds is 1. The summed E-state index contributed by atoms with van der Waals surface area (Å²) in [6, 6.07) is 7.04. The highest BCUT2D eigenvalue weighted by Crippen LogP contribution is 2.27. The van der Waals surface area contributed by atoms with Crippen LogP contribution in [0.3, 0.4) is 0 Å². The van der Waals surface area contributed by atoms with Crippen LogP contribution in [-0.2, 0) is 0 Å². The lowest BCUT2D eigenvalue weighted by molar-refractivity contribution is 0.886. The molecule has 0 bridgehead atoms. The van der Waals surface area contributed by atoms with Crippen LogP contribution >= 0.6 is 23.2 Å². The van der Waals surface area contributed by atoms with Gasteiger partial charge >= 0.3 is 0 Å². The molecule has 1 aromatic heterocycles. The van der Waals surface area contributed by atoms with Crippen LogP contribution in [0.4, 0.5) is 5.82 Å². The molecule has 0 spiro atoms. The van der Waals surface area contributed by atoms with Crippen molar-refractivity contribution < 1.29 is 0 Å². The fourth-order valence-electron chi connectivity index (χ4n) is 1.14. The van der Waals surface area contributed by atoms with E-state index in [-0.39, 0.29) is 0 Å². The molecule has 14 heavy (non-hydrogen) atoms. The van der Waals surface area contributed by atoms with E-state index in [9.17, 15) is 0 Å². The number of nitrogens with zero attached hydrogens (tertiary/aromatic N) is 2. The van der Waals surface area contributed by atoms with Crippen LogP contribution in [0.2, 0.25) is 10.0 Å². The summed E-state index contributed by atoms with van der Waals surface area (Å²) in [5.41, 5.74) is 6.21. The van der Waals surface area contributed by atoms with Crippen LogP contribution in [-0.4, -0.2) is 9.78 Å². The molecule has 0 atom stereocenters. The summed E-state index contributed by atoms with van der Waals surface area (Å²) >= 11 is 11.9. The zero-order valence-corrected chi connectivity index (χ0v) is 8.63. The largest absolute Gasteiger partial charge is 0.382 e. The summed E-state index contributed by atoms with van der Waals surface area (Å²) in [6.07, 6.45) is 1.73. The predicted molar refractivity (Wildman–Crippen MR) is 58.0 cm³/mol. The number of benzene rings is 1. The lowest BCUT2D eigenvalue weighted by atomic mass is 10.3.